The van der Waals surface area contributed by atoms with Gasteiger partial charge in [-0.15, -0.1) is 0 Å². The van der Waals surface area contributed by atoms with Crippen LogP contribution in [-0.4, -0.2) is 74.5 Å². The maximum absolute atomic E-state index is 16.6. The number of benzene rings is 1. The lowest BCUT2D eigenvalue weighted by Crippen LogP contribution is -2.43. The summed E-state index contributed by atoms with van der Waals surface area (Å²) < 4.78 is 37.3. The highest BCUT2D eigenvalue weighted by Gasteiger charge is 2.49. The largest absolute Gasteiger partial charge is 0.461 e. The van der Waals surface area contributed by atoms with Crippen molar-refractivity contribution in [2.45, 2.75) is 57.2 Å². The van der Waals surface area contributed by atoms with E-state index in [0.717, 1.165) is 43.6 Å². The second-order valence-corrected chi connectivity index (χ2v) is 12.9. The zero-order valence-corrected chi connectivity index (χ0v) is 23.7. The molecule has 1 aliphatic carbocycles. The molecule has 3 saturated heterocycles. The van der Waals surface area contributed by atoms with Crippen LogP contribution >= 0.6 is 11.6 Å². The summed E-state index contributed by atoms with van der Waals surface area (Å²) in [6, 6.07) is 2.01. The summed E-state index contributed by atoms with van der Waals surface area (Å²) in [4.78, 5) is 18.5. The quantitative estimate of drug-likeness (QED) is 0.317. The maximum Gasteiger partial charge on any atom is 0.319 e. The first kappa shape index (κ1) is 25.6. The fraction of sp³-hybridized carbons (Fsp3) is 0.533. The summed E-state index contributed by atoms with van der Waals surface area (Å²) in [5, 5.41) is 8.76. The molecule has 2 bridgehead atoms. The van der Waals surface area contributed by atoms with Gasteiger partial charge in [0, 0.05) is 43.2 Å². The number of rotatable bonds is 5. The van der Waals surface area contributed by atoms with Gasteiger partial charge >= 0.3 is 6.01 Å². The molecule has 11 heteroatoms. The van der Waals surface area contributed by atoms with Crippen molar-refractivity contribution < 1.29 is 13.5 Å². The fourth-order valence-corrected chi connectivity index (χ4v) is 8.21. The SMILES string of the molecule is Cc1cc2[nH]ncc2c(-c2ncc3c(N4CC5CCC(C5)C4)nc(OC[C@@]45CCCN4C[C@H](F)C5)nc3c2F)c1Cl. The third-order valence-electron chi connectivity index (χ3n) is 9.88. The number of anilines is 1. The Bertz CT molecular complexity index is 1670. The molecule has 1 N–H and O–H groups in total. The van der Waals surface area contributed by atoms with Gasteiger partial charge in [0.2, 0.25) is 0 Å². The molecule has 8 nitrogen and oxygen atoms in total. The third-order valence-corrected chi connectivity index (χ3v) is 10.4. The monoisotopic (exact) mass is 579 g/mol. The molecule has 3 aromatic heterocycles. The summed E-state index contributed by atoms with van der Waals surface area (Å²) in [6.45, 7) is 5.19. The minimum atomic E-state index is -0.860. The Morgan fingerprint density at radius 3 is 2.80 bits per heavy atom. The average molecular weight is 580 g/mol. The number of hydrogen-bond donors (Lipinski definition) is 1. The lowest BCUT2D eigenvalue weighted by atomic mass is 9.95. The molecule has 3 aliphatic heterocycles. The maximum atomic E-state index is 16.6. The second-order valence-electron chi connectivity index (χ2n) is 12.5. The van der Waals surface area contributed by atoms with E-state index >= 15 is 4.39 Å². The van der Waals surface area contributed by atoms with E-state index in [1.165, 1.54) is 19.3 Å². The van der Waals surface area contributed by atoms with E-state index in [2.05, 4.69) is 30.0 Å². The number of aromatic amines is 1. The molecular weight excluding hydrogens is 548 g/mol. The Labute approximate surface area is 241 Å². The number of aryl methyl sites for hydroxylation is 1. The van der Waals surface area contributed by atoms with E-state index in [0.29, 0.717) is 52.0 Å². The first-order chi connectivity index (χ1) is 19.9. The smallest absolute Gasteiger partial charge is 0.319 e. The molecule has 0 amide bonds. The van der Waals surface area contributed by atoms with Crippen LogP contribution in [0.3, 0.4) is 0 Å². The zero-order chi connectivity index (χ0) is 27.9. The van der Waals surface area contributed by atoms with E-state index < -0.39 is 12.0 Å². The van der Waals surface area contributed by atoms with Crippen LogP contribution in [0.4, 0.5) is 14.6 Å². The summed E-state index contributed by atoms with van der Waals surface area (Å²) in [6.07, 6.45) is 8.41. The van der Waals surface area contributed by atoms with Gasteiger partial charge in [-0.05, 0) is 69.0 Å². The molecule has 1 aromatic carbocycles. The van der Waals surface area contributed by atoms with Crippen molar-refractivity contribution >= 4 is 39.2 Å². The standard InChI is InChI=1S/C30H32ClF2N7O/c1-16-7-22-20(11-35-38-22)23(24(16)31)27-25(33)26-21(10-34-27)28(39-12-17-3-4-18(8-17)13-39)37-29(36-26)41-15-30-5-2-6-40(30)14-19(32)9-30/h7,10-11,17-19H,2-6,8-9,12-15H2,1H3,(H,35,38)/t17?,18?,19-,30+/m1/s1. The van der Waals surface area contributed by atoms with Gasteiger partial charge in [0.15, 0.2) is 5.82 Å². The van der Waals surface area contributed by atoms with Gasteiger partial charge in [-0.1, -0.05) is 11.6 Å². The van der Waals surface area contributed by atoms with Crippen molar-refractivity contribution in [2.75, 3.05) is 37.7 Å². The molecule has 214 valence electrons. The van der Waals surface area contributed by atoms with Gasteiger partial charge in [0.25, 0.3) is 0 Å². The van der Waals surface area contributed by atoms with Crippen molar-refractivity contribution in [3.63, 3.8) is 0 Å². The summed E-state index contributed by atoms with van der Waals surface area (Å²) in [5.74, 6) is 1.29. The van der Waals surface area contributed by atoms with Crippen molar-refractivity contribution in [1.29, 1.82) is 0 Å². The summed E-state index contributed by atoms with van der Waals surface area (Å²) in [5.41, 5.74) is 1.93. The molecule has 41 heavy (non-hydrogen) atoms. The molecule has 4 fully saturated rings. The van der Waals surface area contributed by atoms with Gasteiger partial charge in [0.1, 0.15) is 29.8 Å². The van der Waals surface area contributed by atoms with Crippen LogP contribution in [0, 0.1) is 24.6 Å². The highest BCUT2D eigenvalue weighted by Crippen LogP contribution is 2.43. The molecule has 8 rings (SSSR count). The van der Waals surface area contributed by atoms with Crippen LogP contribution in [0.1, 0.15) is 44.1 Å². The predicted molar refractivity (Wildman–Crippen MR) is 154 cm³/mol. The van der Waals surface area contributed by atoms with Crippen LogP contribution in [0.2, 0.25) is 5.02 Å². The van der Waals surface area contributed by atoms with E-state index in [4.69, 9.17) is 21.3 Å². The number of H-pyrrole nitrogens is 1. The molecule has 2 unspecified atom stereocenters. The van der Waals surface area contributed by atoms with E-state index in [9.17, 15) is 4.39 Å². The van der Waals surface area contributed by atoms with Crippen molar-refractivity contribution in [1.82, 2.24) is 30.0 Å². The topological polar surface area (TPSA) is 83.1 Å². The highest BCUT2D eigenvalue weighted by atomic mass is 35.5. The summed E-state index contributed by atoms with van der Waals surface area (Å²) in [7, 11) is 0. The number of ether oxygens (including phenoxy) is 1. The Balaban J connectivity index is 1.25. The molecule has 1 saturated carbocycles. The normalized spacial score (nSPS) is 27.8. The molecule has 4 atom stereocenters. The zero-order valence-electron chi connectivity index (χ0n) is 23.0. The molecule has 6 heterocycles. The van der Waals surface area contributed by atoms with Crippen molar-refractivity contribution in [3.8, 4) is 17.3 Å². The van der Waals surface area contributed by atoms with Crippen LogP contribution in [0.25, 0.3) is 33.1 Å². The first-order valence-corrected chi connectivity index (χ1v) is 15.0. The number of pyridine rings is 1. The van der Waals surface area contributed by atoms with Gasteiger partial charge in [-0.2, -0.15) is 15.1 Å². The highest BCUT2D eigenvalue weighted by molar-refractivity contribution is 6.35. The number of halogens is 3. The molecule has 0 spiro atoms. The molecular formula is C30H32ClF2N7O. The lowest BCUT2D eigenvalue weighted by Gasteiger charge is -2.34. The Hall–Kier alpha value is -3.11. The van der Waals surface area contributed by atoms with E-state index in [1.807, 2.05) is 13.0 Å². The van der Waals surface area contributed by atoms with Crippen molar-refractivity contribution in [2.24, 2.45) is 11.8 Å². The third kappa shape index (κ3) is 4.08. The number of piperidine rings is 1. The van der Waals surface area contributed by atoms with E-state index in [1.54, 1.807) is 12.4 Å². The van der Waals surface area contributed by atoms with Crippen LogP contribution in [0.5, 0.6) is 6.01 Å². The predicted octanol–water partition coefficient (Wildman–Crippen LogP) is 5.86. The Morgan fingerprint density at radius 2 is 1.98 bits per heavy atom. The van der Waals surface area contributed by atoms with Crippen LogP contribution in [-0.2, 0) is 0 Å². The summed E-state index contributed by atoms with van der Waals surface area (Å²) >= 11 is 6.75. The number of hydrogen-bond acceptors (Lipinski definition) is 7. The number of nitrogens with one attached hydrogen (secondary N) is 1. The van der Waals surface area contributed by atoms with Crippen LogP contribution < -0.4 is 9.64 Å². The van der Waals surface area contributed by atoms with E-state index in [-0.39, 0.29) is 29.4 Å². The van der Waals surface area contributed by atoms with Crippen LogP contribution in [0.15, 0.2) is 18.5 Å². The average Bonchev–Trinajstić information content (AvgIpc) is 3.72. The van der Waals surface area contributed by atoms with Crippen molar-refractivity contribution in [3.05, 3.63) is 34.9 Å². The van der Waals surface area contributed by atoms with Gasteiger partial charge in [-0.25, -0.2) is 8.78 Å². The number of alkyl halides is 1. The Morgan fingerprint density at radius 1 is 1.15 bits per heavy atom. The first-order valence-electron chi connectivity index (χ1n) is 14.6. The number of fused-ring (bicyclic) bond motifs is 5. The minimum absolute atomic E-state index is 0.114. The molecule has 4 aromatic rings. The lowest BCUT2D eigenvalue weighted by molar-refractivity contribution is 0.107. The number of nitrogens with zero attached hydrogens (tertiary/aromatic N) is 6. The van der Waals surface area contributed by atoms with Gasteiger partial charge < -0.3 is 9.64 Å². The van der Waals surface area contributed by atoms with Gasteiger partial charge in [-0.3, -0.25) is 15.0 Å². The number of aromatic nitrogens is 5. The fourth-order valence-electron chi connectivity index (χ4n) is 7.96. The van der Waals surface area contributed by atoms with Gasteiger partial charge in [0.05, 0.1) is 27.7 Å². The molecule has 4 aliphatic rings. The second kappa shape index (κ2) is 9.46. The Kier molecular flexibility index (Phi) is 5.90. The minimum Gasteiger partial charge on any atom is -0.461 e. The molecule has 0 radical (unpaired) electrons.